The smallest absolute Gasteiger partial charge is 0.140 e. The Kier molecular flexibility index (Phi) is 2.78. The van der Waals surface area contributed by atoms with Gasteiger partial charge in [0.2, 0.25) is 0 Å². The summed E-state index contributed by atoms with van der Waals surface area (Å²) in [6.07, 6.45) is 0. The van der Waals surface area contributed by atoms with Crippen LogP contribution in [-0.2, 0) is 0 Å². The van der Waals surface area contributed by atoms with Crippen LogP contribution < -0.4 is 5.19 Å². The average Bonchev–Trinajstić information content (AvgIpc) is 1.88. The highest BCUT2D eigenvalue weighted by Gasteiger charge is 2.08. The summed E-state index contributed by atoms with van der Waals surface area (Å²) < 4.78 is 0. The van der Waals surface area contributed by atoms with Crippen molar-refractivity contribution in [2.75, 3.05) is 0 Å². The summed E-state index contributed by atoms with van der Waals surface area (Å²) in [5.41, 5.74) is 1.18. The standard InChI is InChI=1S/C7H7Cl2Si/c1-6-4-2-3-5-7(6)10(8)9/h2-5H,1H3. The van der Waals surface area contributed by atoms with Crippen molar-refractivity contribution in [2.45, 2.75) is 6.92 Å². The largest absolute Gasteiger partial charge is 0.307 e. The molecule has 0 N–H and O–H groups in total. The van der Waals surface area contributed by atoms with Crippen LogP contribution in [0.4, 0.5) is 0 Å². The molecule has 0 amide bonds. The second-order valence-corrected chi connectivity index (χ2v) is 5.98. The van der Waals surface area contributed by atoms with Crippen LogP contribution in [-0.4, -0.2) is 7.42 Å². The first-order valence-corrected chi connectivity index (χ1v) is 6.48. The van der Waals surface area contributed by atoms with Crippen LogP contribution in [0.15, 0.2) is 24.3 Å². The maximum atomic E-state index is 5.78. The van der Waals surface area contributed by atoms with Gasteiger partial charge in [-0.1, -0.05) is 24.3 Å². The van der Waals surface area contributed by atoms with Gasteiger partial charge in [0.25, 0.3) is 0 Å². The molecular weight excluding hydrogens is 183 g/mol. The highest BCUT2D eigenvalue weighted by Crippen LogP contribution is 2.01. The zero-order valence-corrected chi connectivity index (χ0v) is 8.08. The van der Waals surface area contributed by atoms with Crippen LogP contribution in [0.2, 0.25) is 0 Å². The van der Waals surface area contributed by atoms with E-state index in [0.29, 0.717) is 0 Å². The molecule has 1 aromatic rings. The summed E-state index contributed by atoms with van der Waals surface area (Å²) in [4.78, 5) is 0. The predicted octanol–water partition coefficient (Wildman–Crippen LogP) is 2.17. The minimum Gasteiger partial charge on any atom is -0.140 e. The molecule has 53 valence electrons. The van der Waals surface area contributed by atoms with E-state index in [1.165, 1.54) is 5.56 Å². The van der Waals surface area contributed by atoms with Crippen LogP contribution in [0.3, 0.4) is 0 Å². The zero-order valence-electron chi connectivity index (χ0n) is 5.57. The van der Waals surface area contributed by atoms with Crippen LogP contribution in [0.25, 0.3) is 0 Å². The lowest BCUT2D eigenvalue weighted by Gasteiger charge is -2.01. The molecule has 0 aromatic heterocycles. The van der Waals surface area contributed by atoms with E-state index in [9.17, 15) is 0 Å². The van der Waals surface area contributed by atoms with Gasteiger partial charge >= 0.3 is 7.42 Å². The first-order chi connectivity index (χ1) is 4.72. The summed E-state index contributed by atoms with van der Waals surface area (Å²) in [6.45, 7) is 2.02. The fourth-order valence-electron chi connectivity index (χ4n) is 0.785. The Morgan fingerprint density at radius 2 is 1.80 bits per heavy atom. The Balaban J connectivity index is 3.03. The van der Waals surface area contributed by atoms with Gasteiger partial charge in [-0.2, -0.15) is 0 Å². The van der Waals surface area contributed by atoms with Gasteiger partial charge in [0.1, 0.15) is 0 Å². The third-order valence-electron chi connectivity index (χ3n) is 1.35. The van der Waals surface area contributed by atoms with Crippen molar-refractivity contribution in [2.24, 2.45) is 0 Å². The molecule has 0 aliphatic carbocycles. The van der Waals surface area contributed by atoms with E-state index in [2.05, 4.69) is 0 Å². The number of halogens is 2. The first kappa shape index (κ1) is 8.12. The zero-order chi connectivity index (χ0) is 7.56. The predicted molar refractivity (Wildman–Crippen MR) is 48.3 cm³/mol. The molecule has 0 nitrogen and oxygen atoms in total. The van der Waals surface area contributed by atoms with Crippen molar-refractivity contribution >= 4 is 34.8 Å². The molecule has 0 spiro atoms. The van der Waals surface area contributed by atoms with Crippen molar-refractivity contribution < 1.29 is 0 Å². The van der Waals surface area contributed by atoms with Crippen LogP contribution in [0, 0.1) is 6.92 Å². The Morgan fingerprint density at radius 1 is 1.20 bits per heavy atom. The van der Waals surface area contributed by atoms with Gasteiger partial charge < -0.3 is 0 Å². The van der Waals surface area contributed by atoms with Crippen LogP contribution in [0.5, 0.6) is 0 Å². The molecular formula is C7H7Cl2Si. The van der Waals surface area contributed by atoms with E-state index in [4.69, 9.17) is 22.2 Å². The van der Waals surface area contributed by atoms with Crippen LogP contribution >= 0.6 is 22.2 Å². The second kappa shape index (κ2) is 3.42. The van der Waals surface area contributed by atoms with Gasteiger partial charge in [-0.15, -0.1) is 22.2 Å². The summed E-state index contributed by atoms with van der Waals surface area (Å²) in [6, 6.07) is 7.93. The third kappa shape index (κ3) is 1.75. The number of hydrogen-bond donors (Lipinski definition) is 0. The van der Waals surface area contributed by atoms with Crippen molar-refractivity contribution in [3.8, 4) is 0 Å². The van der Waals surface area contributed by atoms with E-state index in [0.717, 1.165) is 5.19 Å². The maximum Gasteiger partial charge on any atom is 0.307 e. The molecule has 1 radical (unpaired) electrons. The molecule has 10 heavy (non-hydrogen) atoms. The lowest BCUT2D eigenvalue weighted by atomic mass is 10.2. The van der Waals surface area contributed by atoms with Gasteiger partial charge in [0.15, 0.2) is 0 Å². The Bertz CT molecular complexity index is 223. The van der Waals surface area contributed by atoms with Gasteiger partial charge in [-0.25, -0.2) is 0 Å². The van der Waals surface area contributed by atoms with Crippen molar-refractivity contribution in [3.05, 3.63) is 29.8 Å². The molecule has 0 aliphatic rings. The molecule has 0 bridgehead atoms. The van der Waals surface area contributed by atoms with E-state index in [1.54, 1.807) is 0 Å². The van der Waals surface area contributed by atoms with E-state index in [-0.39, 0.29) is 0 Å². The summed E-state index contributed by atoms with van der Waals surface area (Å²) in [5.74, 6) is 0. The molecule has 0 aliphatic heterocycles. The Morgan fingerprint density at radius 3 is 2.20 bits per heavy atom. The fourth-order valence-corrected chi connectivity index (χ4v) is 2.66. The number of rotatable bonds is 1. The Labute approximate surface area is 71.8 Å². The molecule has 3 heteroatoms. The van der Waals surface area contributed by atoms with E-state index < -0.39 is 7.42 Å². The minimum atomic E-state index is -1.30. The van der Waals surface area contributed by atoms with Crippen molar-refractivity contribution in [1.29, 1.82) is 0 Å². The quantitative estimate of drug-likeness (QED) is 0.470. The van der Waals surface area contributed by atoms with Gasteiger partial charge in [-0.3, -0.25) is 0 Å². The molecule has 0 fully saturated rings. The summed E-state index contributed by atoms with van der Waals surface area (Å²) >= 11 is 11.6. The first-order valence-electron chi connectivity index (χ1n) is 2.96. The van der Waals surface area contributed by atoms with Gasteiger partial charge in [-0.05, 0) is 17.7 Å². The van der Waals surface area contributed by atoms with Crippen molar-refractivity contribution in [1.82, 2.24) is 0 Å². The molecule has 0 saturated carbocycles. The van der Waals surface area contributed by atoms with E-state index >= 15 is 0 Å². The van der Waals surface area contributed by atoms with E-state index in [1.807, 2.05) is 31.2 Å². The lowest BCUT2D eigenvalue weighted by Crippen LogP contribution is -2.20. The number of hydrogen-bond acceptors (Lipinski definition) is 0. The normalized spacial score (nSPS) is 10.4. The lowest BCUT2D eigenvalue weighted by molar-refractivity contribution is 1.52. The molecule has 0 atom stereocenters. The highest BCUT2D eigenvalue weighted by atomic mass is 35.7. The molecule has 0 heterocycles. The van der Waals surface area contributed by atoms with Crippen molar-refractivity contribution in [3.63, 3.8) is 0 Å². The van der Waals surface area contributed by atoms with Gasteiger partial charge in [0, 0.05) is 0 Å². The molecule has 0 saturated heterocycles. The molecule has 1 rings (SSSR count). The molecule has 0 unspecified atom stereocenters. The van der Waals surface area contributed by atoms with Gasteiger partial charge in [0.05, 0.1) is 0 Å². The van der Waals surface area contributed by atoms with Crippen LogP contribution in [0.1, 0.15) is 5.56 Å². The molecule has 1 aromatic carbocycles. The number of benzene rings is 1. The monoisotopic (exact) mass is 189 g/mol. The highest BCUT2D eigenvalue weighted by molar-refractivity contribution is 7.39. The number of aryl methyl sites for hydroxylation is 1. The average molecular weight is 190 g/mol. The maximum absolute atomic E-state index is 5.78. The SMILES string of the molecule is Cc1ccccc1[Si](Cl)Cl. The summed E-state index contributed by atoms with van der Waals surface area (Å²) in [5, 5.41) is 1.09. The fraction of sp³-hybridized carbons (Fsp3) is 0.143. The third-order valence-corrected chi connectivity index (χ3v) is 3.54. The minimum absolute atomic E-state index is 1.09. The topological polar surface area (TPSA) is 0 Å². The summed E-state index contributed by atoms with van der Waals surface area (Å²) in [7, 11) is -1.30. The Hall–Kier alpha value is 0.0169. The second-order valence-electron chi connectivity index (χ2n) is 2.08.